The van der Waals surface area contributed by atoms with Crippen LogP contribution in [0.5, 0.6) is 0 Å². The van der Waals surface area contributed by atoms with E-state index in [2.05, 4.69) is 36.8 Å². The molecule has 0 amide bonds. The van der Waals surface area contributed by atoms with Crippen LogP contribution in [0.15, 0.2) is 16.9 Å². The van der Waals surface area contributed by atoms with Crippen molar-refractivity contribution in [2.75, 3.05) is 0 Å². The Balaban J connectivity index is 3.11. The maximum absolute atomic E-state index is 12.3. The van der Waals surface area contributed by atoms with Crippen molar-refractivity contribution >= 4 is 31.9 Å². The molecule has 0 bridgehead atoms. The molecule has 1 heterocycles. The van der Waals surface area contributed by atoms with Crippen molar-refractivity contribution in [3.8, 4) is 0 Å². The summed E-state index contributed by atoms with van der Waals surface area (Å²) in [4.78, 5) is 3.72. The fraction of sp³-hybridized carbons (Fsp3) is 0.286. The van der Waals surface area contributed by atoms with Gasteiger partial charge < -0.3 is 0 Å². The first kappa shape index (κ1) is 10.1. The van der Waals surface area contributed by atoms with Crippen LogP contribution in [0.2, 0.25) is 0 Å². The molecule has 0 fully saturated rings. The number of rotatable bonds is 2. The van der Waals surface area contributed by atoms with Gasteiger partial charge in [-0.05, 0) is 27.6 Å². The predicted molar refractivity (Wildman–Crippen MR) is 49.5 cm³/mol. The Morgan fingerprint density at radius 3 is 2.67 bits per heavy atom. The number of pyridine rings is 1. The van der Waals surface area contributed by atoms with E-state index in [0.29, 0.717) is 15.5 Å². The molecule has 0 unspecified atom stereocenters. The number of nitrogens with zero attached hydrogens (tertiary/aromatic N) is 1. The third kappa shape index (κ3) is 2.23. The van der Waals surface area contributed by atoms with Gasteiger partial charge in [0.05, 0.1) is 0 Å². The van der Waals surface area contributed by atoms with Gasteiger partial charge in [-0.25, -0.2) is 13.8 Å². The first-order chi connectivity index (χ1) is 5.65. The summed E-state index contributed by atoms with van der Waals surface area (Å²) in [6.45, 7) is 0. The van der Waals surface area contributed by atoms with E-state index in [-0.39, 0.29) is 5.56 Å². The van der Waals surface area contributed by atoms with Gasteiger partial charge >= 0.3 is 0 Å². The summed E-state index contributed by atoms with van der Waals surface area (Å²) >= 11 is 6.24. The highest BCUT2D eigenvalue weighted by Gasteiger charge is 2.12. The molecule has 0 aliphatic rings. The minimum absolute atomic E-state index is 0.0184. The third-order valence-corrected chi connectivity index (χ3v) is 2.41. The third-order valence-electron chi connectivity index (χ3n) is 1.37. The van der Waals surface area contributed by atoms with Crippen molar-refractivity contribution in [1.82, 2.24) is 4.98 Å². The molecule has 1 aromatic heterocycles. The highest BCUT2D eigenvalue weighted by atomic mass is 79.9. The molecule has 0 spiro atoms. The largest absolute Gasteiger partial charge is 0.265 e. The summed E-state index contributed by atoms with van der Waals surface area (Å²) < 4.78 is 25.1. The van der Waals surface area contributed by atoms with Gasteiger partial charge in [-0.3, -0.25) is 0 Å². The first-order valence-electron chi connectivity index (χ1n) is 3.13. The van der Waals surface area contributed by atoms with Crippen LogP contribution in [-0.4, -0.2) is 4.98 Å². The molecule has 0 saturated carbocycles. The van der Waals surface area contributed by atoms with Gasteiger partial charge in [-0.2, -0.15) is 0 Å². The lowest BCUT2D eigenvalue weighted by Crippen LogP contribution is -1.93. The molecule has 1 rings (SSSR count). The lowest BCUT2D eigenvalue weighted by Gasteiger charge is -2.04. The summed E-state index contributed by atoms with van der Waals surface area (Å²) in [6, 6.07) is 1.58. The molecular weight excluding hydrogens is 296 g/mol. The average molecular weight is 301 g/mol. The number of hydrogen-bond donors (Lipinski definition) is 0. The van der Waals surface area contributed by atoms with Crippen molar-refractivity contribution in [2.45, 2.75) is 11.8 Å². The van der Waals surface area contributed by atoms with Gasteiger partial charge in [0.15, 0.2) is 0 Å². The van der Waals surface area contributed by atoms with E-state index in [1.54, 1.807) is 6.07 Å². The van der Waals surface area contributed by atoms with Gasteiger partial charge in [0.2, 0.25) is 0 Å². The zero-order chi connectivity index (χ0) is 9.14. The van der Waals surface area contributed by atoms with Crippen molar-refractivity contribution in [1.29, 1.82) is 0 Å². The van der Waals surface area contributed by atoms with Crippen molar-refractivity contribution in [3.63, 3.8) is 0 Å². The molecule has 12 heavy (non-hydrogen) atoms. The molecule has 0 radical (unpaired) electrons. The second-order valence-corrected chi connectivity index (χ2v) is 3.51. The lowest BCUT2D eigenvalue weighted by atomic mass is 10.2. The van der Waals surface area contributed by atoms with Gasteiger partial charge in [-0.1, -0.05) is 15.9 Å². The van der Waals surface area contributed by atoms with Crippen LogP contribution in [-0.2, 0) is 5.33 Å². The monoisotopic (exact) mass is 299 g/mol. The zero-order valence-corrected chi connectivity index (χ0v) is 9.07. The molecule has 1 nitrogen and oxygen atoms in total. The number of hydrogen-bond acceptors (Lipinski definition) is 1. The van der Waals surface area contributed by atoms with Crippen LogP contribution in [0.3, 0.4) is 0 Å². The Hall–Kier alpha value is -0.0300. The smallest absolute Gasteiger partial charge is 0.249 e. The van der Waals surface area contributed by atoms with Crippen molar-refractivity contribution in [3.05, 3.63) is 28.0 Å². The Bertz CT molecular complexity index is 278. The second-order valence-electron chi connectivity index (χ2n) is 2.14. The van der Waals surface area contributed by atoms with Crippen molar-refractivity contribution < 1.29 is 8.78 Å². The molecule has 0 aliphatic heterocycles. The van der Waals surface area contributed by atoms with E-state index in [0.717, 1.165) is 0 Å². The van der Waals surface area contributed by atoms with Gasteiger partial charge in [0, 0.05) is 17.1 Å². The Morgan fingerprint density at radius 2 is 2.17 bits per heavy atom. The maximum atomic E-state index is 12.3. The van der Waals surface area contributed by atoms with Crippen LogP contribution in [0.1, 0.15) is 17.6 Å². The van der Waals surface area contributed by atoms with Crippen LogP contribution >= 0.6 is 31.9 Å². The second kappa shape index (κ2) is 4.28. The van der Waals surface area contributed by atoms with Gasteiger partial charge in [0.25, 0.3) is 6.43 Å². The van der Waals surface area contributed by atoms with E-state index in [9.17, 15) is 8.78 Å². The summed E-state index contributed by atoms with van der Waals surface area (Å²) in [5.41, 5.74) is 0.543. The minimum atomic E-state index is -2.46. The number of aromatic nitrogens is 1. The fourth-order valence-electron chi connectivity index (χ4n) is 0.791. The first-order valence-corrected chi connectivity index (χ1v) is 5.05. The molecule has 5 heteroatoms. The normalized spacial score (nSPS) is 10.8. The standard InChI is InChI=1S/C7H5Br2F2N/c8-2-4-1-6(9)12-3-5(4)7(10)11/h1,3,7H,2H2. The van der Waals surface area contributed by atoms with E-state index in [1.807, 2.05) is 0 Å². The Kier molecular flexibility index (Phi) is 3.58. The highest BCUT2D eigenvalue weighted by molar-refractivity contribution is 9.10. The maximum Gasteiger partial charge on any atom is 0.265 e. The Morgan fingerprint density at radius 1 is 1.50 bits per heavy atom. The predicted octanol–water partition coefficient (Wildman–Crippen LogP) is 3.68. The van der Waals surface area contributed by atoms with Crippen LogP contribution in [0.25, 0.3) is 0 Å². The quantitative estimate of drug-likeness (QED) is 0.600. The van der Waals surface area contributed by atoms with E-state index < -0.39 is 6.43 Å². The molecule has 0 atom stereocenters. The van der Waals surface area contributed by atoms with Crippen molar-refractivity contribution in [2.24, 2.45) is 0 Å². The molecule has 0 aliphatic carbocycles. The molecule has 0 aromatic carbocycles. The Labute approximate surface area is 85.4 Å². The zero-order valence-electron chi connectivity index (χ0n) is 5.90. The molecule has 66 valence electrons. The molecule has 0 N–H and O–H groups in total. The molecule has 0 saturated heterocycles. The average Bonchev–Trinajstić information content (AvgIpc) is 2.03. The van der Waals surface area contributed by atoms with Crippen LogP contribution in [0.4, 0.5) is 8.78 Å². The number of alkyl halides is 3. The summed E-state index contributed by atoms with van der Waals surface area (Å²) in [6.07, 6.45) is -1.27. The van der Waals surface area contributed by atoms with E-state index in [1.165, 1.54) is 6.20 Å². The van der Waals surface area contributed by atoms with Gasteiger partial charge in [0.1, 0.15) is 4.60 Å². The van der Waals surface area contributed by atoms with E-state index >= 15 is 0 Å². The van der Waals surface area contributed by atoms with Crippen LogP contribution in [0, 0.1) is 0 Å². The lowest BCUT2D eigenvalue weighted by molar-refractivity contribution is 0.150. The van der Waals surface area contributed by atoms with Crippen LogP contribution < -0.4 is 0 Å². The van der Waals surface area contributed by atoms with Gasteiger partial charge in [-0.15, -0.1) is 0 Å². The number of halogens is 4. The summed E-state index contributed by atoms with van der Waals surface area (Å²) in [7, 11) is 0. The molecule has 1 aromatic rings. The summed E-state index contributed by atoms with van der Waals surface area (Å²) in [5, 5.41) is 0.411. The molecular formula is C7H5Br2F2N. The summed E-state index contributed by atoms with van der Waals surface area (Å²) in [5.74, 6) is 0. The SMILES string of the molecule is FC(F)c1cnc(Br)cc1CBr. The minimum Gasteiger partial charge on any atom is -0.249 e. The van der Waals surface area contributed by atoms with E-state index in [4.69, 9.17) is 0 Å². The fourth-order valence-corrected chi connectivity index (χ4v) is 1.66. The highest BCUT2D eigenvalue weighted by Crippen LogP contribution is 2.25. The topological polar surface area (TPSA) is 12.9 Å².